The zero-order valence-electron chi connectivity index (χ0n) is 15.0. The molecule has 144 valence electrons. The number of fused-ring (bicyclic) bond motifs is 2. The first-order chi connectivity index (χ1) is 13.5. The summed E-state index contributed by atoms with van der Waals surface area (Å²) >= 11 is 5.16. The summed E-state index contributed by atoms with van der Waals surface area (Å²) in [6.45, 7) is 0.0784. The Hall–Kier alpha value is -2.77. The molecule has 2 heterocycles. The summed E-state index contributed by atoms with van der Waals surface area (Å²) in [7, 11) is 0. The van der Waals surface area contributed by atoms with Crippen LogP contribution in [0.5, 0.6) is 0 Å². The average Bonchev–Trinajstić information content (AvgIpc) is 3.29. The van der Waals surface area contributed by atoms with Gasteiger partial charge in [-0.1, -0.05) is 24.4 Å². The molecule has 0 bridgehead atoms. The van der Waals surface area contributed by atoms with Gasteiger partial charge < -0.3 is 20.4 Å². The number of aryl methyl sites for hydroxylation is 1. The van der Waals surface area contributed by atoms with Crippen molar-refractivity contribution < 1.29 is 13.9 Å². The van der Waals surface area contributed by atoms with Crippen molar-refractivity contribution >= 4 is 39.0 Å². The zero-order valence-corrected chi connectivity index (χ0v) is 15.8. The molecule has 0 spiro atoms. The maximum Gasteiger partial charge on any atom is 0.240 e. The van der Waals surface area contributed by atoms with Gasteiger partial charge in [0.15, 0.2) is 0 Å². The van der Waals surface area contributed by atoms with E-state index in [-0.39, 0.29) is 19.6 Å². The Morgan fingerprint density at radius 3 is 2.71 bits per heavy atom. The summed E-state index contributed by atoms with van der Waals surface area (Å²) in [5, 5.41) is 11.4. The van der Waals surface area contributed by atoms with Crippen LogP contribution in [0.3, 0.4) is 0 Å². The van der Waals surface area contributed by atoms with Gasteiger partial charge in [-0.3, -0.25) is 0 Å². The summed E-state index contributed by atoms with van der Waals surface area (Å²) in [4.78, 5) is 3.55. The van der Waals surface area contributed by atoms with Crippen LogP contribution in [0.2, 0.25) is 0 Å². The number of rotatable bonds is 6. The fourth-order valence-corrected chi connectivity index (χ4v) is 3.72. The first-order valence-corrected chi connectivity index (χ1v) is 9.31. The molecule has 28 heavy (non-hydrogen) atoms. The molecule has 2 aromatic heterocycles. The van der Waals surface area contributed by atoms with Crippen molar-refractivity contribution in [3.63, 3.8) is 0 Å². The molecule has 7 heteroatoms. The van der Waals surface area contributed by atoms with E-state index < -0.39 is 6.43 Å². The third kappa shape index (κ3) is 3.27. The van der Waals surface area contributed by atoms with Gasteiger partial charge in [-0.05, 0) is 29.8 Å². The summed E-state index contributed by atoms with van der Waals surface area (Å²) < 4.78 is 27.5. The molecule has 4 N–H and O–H groups in total. The molecule has 0 radical (unpaired) electrons. The van der Waals surface area contributed by atoms with E-state index in [1.165, 1.54) is 0 Å². The van der Waals surface area contributed by atoms with E-state index >= 15 is 0 Å². The van der Waals surface area contributed by atoms with Crippen molar-refractivity contribution in [2.45, 2.75) is 26.0 Å². The topological polar surface area (TPSA) is 67.0 Å². The number of aromatic nitrogens is 2. The van der Waals surface area contributed by atoms with Crippen LogP contribution in [-0.2, 0) is 13.2 Å². The van der Waals surface area contributed by atoms with Crippen LogP contribution in [0.1, 0.15) is 17.5 Å². The van der Waals surface area contributed by atoms with Gasteiger partial charge >= 0.3 is 0 Å². The fraction of sp³-hybridized carbons (Fsp3) is 0.190. The molecular formula is C21H19F2N3OS. The van der Waals surface area contributed by atoms with Crippen LogP contribution >= 0.6 is 12.2 Å². The summed E-state index contributed by atoms with van der Waals surface area (Å²) in [5.41, 5.74) is 10.9. The van der Waals surface area contributed by atoms with Crippen molar-refractivity contribution in [2.24, 2.45) is 5.73 Å². The third-order valence-corrected chi connectivity index (χ3v) is 5.19. The van der Waals surface area contributed by atoms with E-state index in [9.17, 15) is 13.9 Å². The highest BCUT2D eigenvalue weighted by Crippen LogP contribution is 2.36. The summed E-state index contributed by atoms with van der Waals surface area (Å²) in [6, 6.07) is 11.4. The molecule has 0 saturated heterocycles. The van der Waals surface area contributed by atoms with Crippen molar-refractivity contribution in [1.82, 2.24) is 9.55 Å². The maximum atomic E-state index is 12.8. The van der Waals surface area contributed by atoms with Gasteiger partial charge in [0.05, 0.1) is 12.1 Å². The quantitative estimate of drug-likeness (QED) is 0.416. The molecule has 0 amide bonds. The number of nitrogens with zero attached hydrogens (tertiary/aromatic N) is 1. The van der Waals surface area contributed by atoms with E-state index in [4.69, 9.17) is 18.0 Å². The lowest BCUT2D eigenvalue weighted by Gasteiger charge is -2.07. The van der Waals surface area contributed by atoms with Crippen molar-refractivity contribution in [3.05, 3.63) is 59.9 Å². The monoisotopic (exact) mass is 399 g/mol. The highest BCUT2D eigenvalue weighted by molar-refractivity contribution is 7.80. The maximum absolute atomic E-state index is 12.8. The van der Waals surface area contributed by atoms with Crippen LogP contribution in [0.15, 0.2) is 48.8 Å². The van der Waals surface area contributed by atoms with Gasteiger partial charge in [0.1, 0.15) is 4.99 Å². The van der Waals surface area contributed by atoms with Gasteiger partial charge in [0, 0.05) is 58.3 Å². The molecule has 0 unspecified atom stereocenters. The smallest absolute Gasteiger partial charge is 0.240 e. The van der Waals surface area contributed by atoms with Crippen molar-refractivity contribution in [2.75, 3.05) is 0 Å². The molecule has 4 rings (SSSR count). The molecule has 0 saturated carbocycles. The predicted molar refractivity (Wildman–Crippen MR) is 112 cm³/mol. The van der Waals surface area contributed by atoms with Crippen molar-refractivity contribution in [3.8, 4) is 11.1 Å². The highest BCUT2D eigenvalue weighted by atomic mass is 32.1. The number of aliphatic hydroxyl groups is 1. The van der Waals surface area contributed by atoms with Gasteiger partial charge in [-0.2, -0.15) is 0 Å². The number of nitrogens with two attached hydrogens (primary N) is 1. The van der Waals surface area contributed by atoms with Crippen LogP contribution < -0.4 is 5.73 Å². The van der Waals surface area contributed by atoms with Gasteiger partial charge in [0.25, 0.3) is 0 Å². The third-order valence-electron chi connectivity index (χ3n) is 4.95. The van der Waals surface area contributed by atoms with Crippen molar-refractivity contribution in [1.29, 1.82) is 0 Å². The second kappa shape index (κ2) is 7.33. The van der Waals surface area contributed by atoms with Gasteiger partial charge in [-0.25, -0.2) is 8.78 Å². The number of aromatic amines is 1. The molecule has 0 atom stereocenters. The lowest BCUT2D eigenvalue weighted by Crippen LogP contribution is -2.09. The zero-order chi connectivity index (χ0) is 19.8. The Balaban J connectivity index is 1.97. The van der Waals surface area contributed by atoms with Gasteiger partial charge in [-0.15, -0.1) is 0 Å². The Morgan fingerprint density at radius 1 is 1.18 bits per heavy atom. The number of hydrogen-bond acceptors (Lipinski definition) is 2. The normalized spacial score (nSPS) is 11.7. The Morgan fingerprint density at radius 2 is 2.00 bits per heavy atom. The van der Waals surface area contributed by atoms with E-state index in [2.05, 4.69) is 4.98 Å². The SMILES string of the molecule is NC(=S)c1cc(-c2cn(CCC(F)F)c3cc(CO)ccc23)c2[nH]ccc2c1. The number of benzene rings is 2. The fourth-order valence-electron chi connectivity index (χ4n) is 3.60. The molecular weight excluding hydrogens is 380 g/mol. The minimum absolute atomic E-state index is 0.108. The molecule has 0 aliphatic heterocycles. The Bertz CT molecular complexity index is 1180. The number of nitrogens with one attached hydrogen (secondary N) is 1. The lowest BCUT2D eigenvalue weighted by atomic mass is 9.99. The Kier molecular flexibility index (Phi) is 4.87. The Labute approximate surface area is 165 Å². The second-order valence-corrected chi connectivity index (χ2v) is 7.20. The number of alkyl halides is 2. The van der Waals surface area contributed by atoms with E-state index in [0.29, 0.717) is 4.99 Å². The molecule has 4 aromatic rings. The number of H-pyrrole nitrogens is 1. The lowest BCUT2D eigenvalue weighted by molar-refractivity contribution is 0.132. The largest absolute Gasteiger partial charge is 0.392 e. The van der Waals surface area contributed by atoms with Crippen LogP contribution in [0.4, 0.5) is 8.78 Å². The summed E-state index contributed by atoms with van der Waals surface area (Å²) in [5.74, 6) is 0. The number of halogens is 2. The average molecular weight is 399 g/mol. The van der Waals surface area contributed by atoms with Crippen LogP contribution in [0.25, 0.3) is 32.9 Å². The number of aliphatic hydroxyl groups excluding tert-OH is 1. The van der Waals surface area contributed by atoms with E-state index in [1.807, 2.05) is 53.4 Å². The second-order valence-electron chi connectivity index (χ2n) is 6.76. The number of thiocarbonyl (C=S) groups is 1. The first-order valence-electron chi connectivity index (χ1n) is 8.90. The molecule has 0 fully saturated rings. The molecule has 0 aliphatic carbocycles. The van der Waals surface area contributed by atoms with Crippen LogP contribution in [0, 0.1) is 0 Å². The van der Waals surface area contributed by atoms with E-state index in [1.54, 1.807) is 0 Å². The standard InChI is InChI=1S/C21H19F2N3OS/c22-19(23)4-6-26-10-17(15-2-1-12(11-27)7-18(15)26)16-9-14(21(24)28)8-13-3-5-25-20(13)16/h1-3,5,7-10,19,25,27H,4,6,11H2,(H2,24,28). The first kappa shape index (κ1) is 18.6. The minimum atomic E-state index is -2.38. The van der Waals surface area contributed by atoms with E-state index in [0.717, 1.165) is 44.1 Å². The minimum Gasteiger partial charge on any atom is -0.392 e. The molecule has 0 aliphatic rings. The predicted octanol–water partition coefficient (Wildman–Crippen LogP) is 4.57. The summed E-state index contributed by atoms with van der Waals surface area (Å²) in [6.07, 6.45) is 1.11. The van der Waals surface area contributed by atoms with Crippen LogP contribution in [-0.4, -0.2) is 26.1 Å². The number of hydrogen-bond donors (Lipinski definition) is 3. The highest BCUT2D eigenvalue weighted by Gasteiger charge is 2.16. The molecule has 2 aromatic carbocycles. The van der Waals surface area contributed by atoms with Gasteiger partial charge in [0.2, 0.25) is 6.43 Å². The molecule has 4 nitrogen and oxygen atoms in total.